The third-order valence-electron chi connectivity index (χ3n) is 3.01. The van der Waals surface area contributed by atoms with Crippen molar-refractivity contribution in [3.05, 3.63) is 0 Å². The summed E-state index contributed by atoms with van der Waals surface area (Å²) >= 11 is 0. The Morgan fingerprint density at radius 2 is 1.76 bits per heavy atom. The Labute approximate surface area is 129 Å². The van der Waals surface area contributed by atoms with Gasteiger partial charge < -0.3 is 15.2 Å². The van der Waals surface area contributed by atoms with Crippen molar-refractivity contribution >= 4 is 5.97 Å². The Bertz CT molecular complexity index is 294. The number of ether oxygens (including phenoxy) is 1. The zero-order chi connectivity index (χ0) is 15.6. The number of carbonyl (C=O) groups is 1. The topological polar surface area (TPSA) is 58.6 Å². The molecule has 122 valence electrons. The lowest BCUT2D eigenvalue weighted by Crippen LogP contribution is -2.19. The van der Waals surface area contributed by atoms with Crippen LogP contribution in [0.5, 0.6) is 0 Å². The molecule has 0 unspecified atom stereocenters. The number of hydrogen-bond acceptors (Lipinski definition) is 4. The second-order valence-corrected chi connectivity index (χ2v) is 5.07. The molecule has 0 bridgehead atoms. The Kier molecular flexibility index (Phi) is 16.2. The van der Waals surface area contributed by atoms with Gasteiger partial charge in [-0.25, -0.2) is 0 Å². The zero-order valence-corrected chi connectivity index (χ0v) is 13.5. The number of rotatable bonds is 13. The predicted octanol–water partition coefficient (Wildman–Crippen LogP) is 2.65. The summed E-state index contributed by atoms with van der Waals surface area (Å²) in [5.41, 5.74) is 0. The number of unbranched alkanes of at least 4 members (excludes halogenated alkanes) is 5. The molecule has 21 heavy (non-hydrogen) atoms. The standard InChI is InChI=1S/C17H31NO3/c1-2-3-4-8-11-16-21-17(20)12-9-6-5-7-10-13-18-14-15-19/h18-19H,2-3,5-7,9-16H2,1H3. The van der Waals surface area contributed by atoms with Crippen LogP contribution in [0.25, 0.3) is 0 Å². The third-order valence-corrected chi connectivity index (χ3v) is 3.01. The first-order chi connectivity index (χ1) is 10.3. The SMILES string of the molecule is CCCC#CCCOC(=O)CCCCCCCNCCO. The molecule has 0 aliphatic heterocycles. The van der Waals surface area contributed by atoms with Crippen molar-refractivity contribution in [1.82, 2.24) is 5.32 Å². The Hall–Kier alpha value is -1.05. The first-order valence-electron chi connectivity index (χ1n) is 8.24. The summed E-state index contributed by atoms with van der Waals surface area (Å²) in [7, 11) is 0. The van der Waals surface area contributed by atoms with Crippen LogP contribution in [-0.4, -0.2) is 37.4 Å². The Morgan fingerprint density at radius 1 is 1.05 bits per heavy atom. The number of nitrogens with one attached hydrogen (secondary N) is 1. The van der Waals surface area contributed by atoms with Crippen molar-refractivity contribution in [2.24, 2.45) is 0 Å². The van der Waals surface area contributed by atoms with Crippen molar-refractivity contribution in [1.29, 1.82) is 0 Å². The average Bonchev–Trinajstić information content (AvgIpc) is 2.49. The highest BCUT2D eigenvalue weighted by Crippen LogP contribution is 2.06. The molecule has 0 aromatic rings. The lowest BCUT2D eigenvalue weighted by molar-refractivity contribution is -0.143. The van der Waals surface area contributed by atoms with Crippen LogP contribution >= 0.6 is 0 Å². The summed E-state index contributed by atoms with van der Waals surface area (Å²) in [6, 6.07) is 0. The van der Waals surface area contributed by atoms with Gasteiger partial charge in [-0.05, 0) is 25.8 Å². The second-order valence-electron chi connectivity index (χ2n) is 5.07. The molecule has 0 saturated heterocycles. The predicted molar refractivity (Wildman–Crippen MR) is 85.9 cm³/mol. The van der Waals surface area contributed by atoms with E-state index in [-0.39, 0.29) is 12.6 Å². The van der Waals surface area contributed by atoms with Gasteiger partial charge in [-0.1, -0.05) is 32.1 Å². The van der Waals surface area contributed by atoms with Gasteiger partial charge in [0.1, 0.15) is 6.61 Å². The maximum Gasteiger partial charge on any atom is 0.305 e. The molecular weight excluding hydrogens is 266 g/mol. The number of hydrogen-bond donors (Lipinski definition) is 2. The fourth-order valence-electron chi connectivity index (χ4n) is 1.84. The molecule has 4 nitrogen and oxygen atoms in total. The van der Waals surface area contributed by atoms with Crippen LogP contribution in [0.4, 0.5) is 0 Å². The van der Waals surface area contributed by atoms with E-state index in [1.54, 1.807) is 0 Å². The van der Waals surface area contributed by atoms with Crippen LogP contribution in [0.2, 0.25) is 0 Å². The number of aliphatic hydroxyl groups is 1. The highest BCUT2D eigenvalue weighted by Gasteiger charge is 2.01. The molecule has 0 aliphatic carbocycles. The molecule has 0 fully saturated rings. The van der Waals surface area contributed by atoms with E-state index in [1.165, 1.54) is 6.42 Å². The molecule has 4 heteroatoms. The van der Waals surface area contributed by atoms with Gasteiger partial charge in [0.2, 0.25) is 0 Å². The first-order valence-corrected chi connectivity index (χ1v) is 8.24. The largest absolute Gasteiger partial charge is 0.465 e. The number of esters is 1. The van der Waals surface area contributed by atoms with E-state index in [2.05, 4.69) is 24.1 Å². The van der Waals surface area contributed by atoms with Gasteiger partial charge in [0.15, 0.2) is 0 Å². The van der Waals surface area contributed by atoms with Crippen molar-refractivity contribution in [3.8, 4) is 11.8 Å². The van der Waals surface area contributed by atoms with Gasteiger partial charge in [0.25, 0.3) is 0 Å². The smallest absolute Gasteiger partial charge is 0.305 e. The minimum Gasteiger partial charge on any atom is -0.465 e. The summed E-state index contributed by atoms with van der Waals surface area (Å²) in [4.78, 5) is 11.4. The molecular formula is C17H31NO3. The lowest BCUT2D eigenvalue weighted by Gasteiger charge is -2.04. The van der Waals surface area contributed by atoms with Crippen LogP contribution in [-0.2, 0) is 9.53 Å². The van der Waals surface area contributed by atoms with Crippen molar-refractivity contribution in [3.63, 3.8) is 0 Å². The lowest BCUT2D eigenvalue weighted by atomic mass is 10.1. The molecule has 0 heterocycles. The van der Waals surface area contributed by atoms with Crippen molar-refractivity contribution in [2.75, 3.05) is 26.3 Å². The molecule has 2 N–H and O–H groups in total. The van der Waals surface area contributed by atoms with Gasteiger partial charge in [0.05, 0.1) is 6.61 Å². The molecule has 0 aromatic carbocycles. The van der Waals surface area contributed by atoms with Crippen LogP contribution in [0, 0.1) is 11.8 Å². The normalized spacial score (nSPS) is 10.0. The third kappa shape index (κ3) is 16.9. The quantitative estimate of drug-likeness (QED) is 0.312. The summed E-state index contributed by atoms with van der Waals surface area (Å²) in [5.74, 6) is 5.93. The summed E-state index contributed by atoms with van der Waals surface area (Å²) in [6.07, 6.45) is 8.58. The highest BCUT2D eigenvalue weighted by molar-refractivity contribution is 5.69. The Morgan fingerprint density at radius 3 is 2.52 bits per heavy atom. The number of carbonyl (C=O) groups excluding carboxylic acids is 1. The fraction of sp³-hybridized carbons (Fsp3) is 0.824. The van der Waals surface area contributed by atoms with E-state index in [0.717, 1.165) is 45.1 Å². The monoisotopic (exact) mass is 297 g/mol. The van der Waals surface area contributed by atoms with Gasteiger partial charge in [-0.2, -0.15) is 0 Å². The maximum atomic E-state index is 11.4. The minimum absolute atomic E-state index is 0.100. The van der Waals surface area contributed by atoms with E-state index >= 15 is 0 Å². The second kappa shape index (κ2) is 17.0. The van der Waals surface area contributed by atoms with Gasteiger partial charge >= 0.3 is 5.97 Å². The molecule has 0 saturated carbocycles. The van der Waals surface area contributed by atoms with Crippen molar-refractivity contribution in [2.45, 2.75) is 64.7 Å². The van der Waals surface area contributed by atoms with Crippen molar-refractivity contribution < 1.29 is 14.6 Å². The van der Waals surface area contributed by atoms with Crippen LogP contribution in [0.1, 0.15) is 64.7 Å². The van der Waals surface area contributed by atoms with Gasteiger partial charge in [-0.15, -0.1) is 5.92 Å². The van der Waals surface area contributed by atoms with Crippen LogP contribution in [0.15, 0.2) is 0 Å². The highest BCUT2D eigenvalue weighted by atomic mass is 16.5. The maximum absolute atomic E-state index is 11.4. The molecule has 0 radical (unpaired) electrons. The van der Waals surface area contributed by atoms with Gasteiger partial charge in [0, 0.05) is 25.8 Å². The average molecular weight is 297 g/mol. The van der Waals surface area contributed by atoms with E-state index in [9.17, 15) is 4.79 Å². The van der Waals surface area contributed by atoms with E-state index in [4.69, 9.17) is 9.84 Å². The summed E-state index contributed by atoms with van der Waals surface area (Å²) in [5, 5.41) is 11.7. The summed E-state index contributed by atoms with van der Waals surface area (Å²) < 4.78 is 5.12. The van der Waals surface area contributed by atoms with Crippen LogP contribution < -0.4 is 5.32 Å². The molecule has 0 spiro atoms. The molecule has 0 aromatic heterocycles. The molecule has 0 amide bonds. The molecule has 0 atom stereocenters. The first kappa shape index (κ1) is 19.9. The Balaban J connectivity index is 3.21. The molecule has 0 rings (SSSR count). The van der Waals surface area contributed by atoms with E-state index in [0.29, 0.717) is 26.0 Å². The summed E-state index contributed by atoms with van der Waals surface area (Å²) in [6.45, 7) is 4.36. The van der Waals surface area contributed by atoms with E-state index < -0.39 is 0 Å². The molecule has 0 aliphatic rings. The van der Waals surface area contributed by atoms with Gasteiger partial charge in [-0.3, -0.25) is 4.79 Å². The zero-order valence-electron chi connectivity index (χ0n) is 13.5. The fourth-order valence-corrected chi connectivity index (χ4v) is 1.84. The van der Waals surface area contributed by atoms with E-state index in [1.807, 2.05) is 0 Å². The van der Waals surface area contributed by atoms with Crippen LogP contribution in [0.3, 0.4) is 0 Å². The minimum atomic E-state index is -0.100. The number of aliphatic hydroxyl groups excluding tert-OH is 1.